The van der Waals surface area contributed by atoms with Crippen LogP contribution in [0.4, 0.5) is 0 Å². The average molecular weight is 595 g/mol. The molecule has 0 spiro atoms. The van der Waals surface area contributed by atoms with Gasteiger partial charge in [-0.1, -0.05) is 48.0 Å². The monoisotopic (exact) mass is 594 g/mol. The summed E-state index contributed by atoms with van der Waals surface area (Å²) in [6.07, 6.45) is 6.63. The zero-order valence-corrected chi connectivity index (χ0v) is 24.7. The molecule has 12 nitrogen and oxygen atoms in total. The molecule has 0 unspecified atom stereocenters. The van der Waals surface area contributed by atoms with Crippen molar-refractivity contribution in [3.8, 4) is 0 Å². The maximum Gasteiger partial charge on any atom is 0.309 e. The maximum absolute atomic E-state index is 13.0. The van der Waals surface area contributed by atoms with Gasteiger partial charge in [-0.15, -0.1) is 0 Å². The lowest BCUT2D eigenvalue weighted by atomic mass is 10.0. The molecular formula is C28H38N2O10S. The number of benzene rings is 1. The molecule has 1 N–H and O–H groups in total. The van der Waals surface area contributed by atoms with Gasteiger partial charge in [0.05, 0.1) is 36.8 Å². The highest BCUT2D eigenvalue weighted by atomic mass is 32.2. The molecule has 0 aliphatic carbocycles. The number of ether oxygens (including phenoxy) is 4. The molecular weight excluding hydrogens is 556 g/mol. The van der Waals surface area contributed by atoms with E-state index in [-0.39, 0.29) is 24.5 Å². The van der Waals surface area contributed by atoms with Gasteiger partial charge in [0.2, 0.25) is 10.0 Å². The molecule has 0 amide bonds. The standard InChI is InChI=1S/C28H38N2O10S/c1-19-9-12-24(13-10-19)41(34,35)30-25(20(2)7-6-8-28(33)36-5)17-29-38-16-15-23-11-14-26(39-22(4)32)27(40-23)18-37-21(3)31/h6-7,9-14,17,20,23,25-27,30H,8,15-16,18H2,1-5H3/t20-,23+,25-,26+,27-/m1/s1. The molecule has 41 heavy (non-hydrogen) atoms. The van der Waals surface area contributed by atoms with E-state index in [0.717, 1.165) is 5.56 Å². The number of sulfonamides is 1. The molecule has 1 heterocycles. The molecule has 1 aliphatic heterocycles. The maximum atomic E-state index is 13.0. The second kappa shape index (κ2) is 16.7. The zero-order valence-electron chi connectivity index (χ0n) is 23.8. The molecule has 0 saturated heterocycles. The van der Waals surface area contributed by atoms with Crippen molar-refractivity contribution in [1.29, 1.82) is 0 Å². The van der Waals surface area contributed by atoms with E-state index >= 15 is 0 Å². The highest BCUT2D eigenvalue weighted by Crippen LogP contribution is 2.19. The summed E-state index contributed by atoms with van der Waals surface area (Å²) in [6, 6.07) is 5.64. The fourth-order valence-electron chi connectivity index (χ4n) is 3.66. The van der Waals surface area contributed by atoms with Gasteiger partial charge in [0.1, 0.15) is 25.4 Å². The van der Waals surface area contributed by atoms with Gasteiger partial charge >= 0.3 is 17.9 Å². The zero-order chi connectivity index (χ0) is 30.4. The Hall–Kier alpha value is -3.55. The number of oxime groups is 1. The Balaban J connectivity index is 2.04. The first-order valence-electron chi connectivity index (χ1n) is 13.0. The minimum absolute atomic E-state index is 0.0393. The number of nitrogens with zero attached hydrogens (tertiary/aromatic N) is 1. The number of aryl methyl sites for hydroxylation is 1. The van der Waals surface area contributed by atoms with Crippen molar-refractivity contribution in [2.75, 3.05) is 20.3 Å². The fourth-order valence-corrected chi connectivity index (χ4v) is 4.92. The van der Waals surface area contributed by atoms with E-state index in [1.54, 1.807) is 43.4 Å². The molecule has 1 aromatic rings. The van der Waals surface area contributed by atoms with E-state index in [2.05, 4.69) is 14.6 Å². The summed E-state index contributed by atoms with van der Waals surface area (Å²) >= 11 is 0. The van der Waals surface area contributed by atoms with E-state index in [4.69, 9.17) is 19.0 Å². The number of methoxy groups -OCH3 is 1. The molecule has 226 valence electrons. The van der Waals surface area contributed by atoms with E-state index in [1.807, 2.05) is 6.92 Å². The first-order chi connectivity index (χ1) is 19.4. The van der Waals surface area contributed by atoms with Crippen LogP contribution >= 0.6 is 0 Å². The highest BCUT2D eigenvalue weighted by Gasteiger charge is 2.30. The van der Waals surface area contributed by atoms with Crippen molar-refractivity contribution in [1.82, 2.24) is 4.72 Å². The predicted molar refractivity (Wildman–Crippen MR) is 149 cm³/mol. The number of carbonyl (C=O) groups excluding carboxylic acids is 3. The minimum Gasteiger partial charge on any atom is -0.469 e. The van der Waals surface area contributed by atoms with Gasteiger partial charge in [0.15, 0.2) is 0 Å². The Bertz CT molecular complexity index is 1210. The van der Waals surface area contributed by atoms with Crippen LogP contribution in [0, 0.1) is 12.8 Å². The van der Waals surface area contributed by atoms with Crippen molar-refractivity contribution >= 4 is 34.1 Å². The van der Waals surface area contributed by atoms with Gasteiger partial charge in [-0.05, 0) is 31.1 Å². The number of esters is 3. The number of hydrogen-bond acceptors (Lipinski definition) is 11. The van der Waals surface area contributed by atoms with E-state index in [1.165, 1.54) is 39.3 Å². The van der Waals surface area contributed by atoms with E-state index < -0.39 is 58.2 Å². The van der Waals surface area contributed by atoms with Crippen molar-refractivity contribution < 1.29 is 46.6 Å². The third-order valence-electron chi connectivity index (χ3n) is 5.91. The van der Waals surface area contributed by atoms with Gasteiger partial charge < -0.3 is 23.8 Å². The topological polar surface area (TPSA) is 156 Å². The van der Waals surface area contributed by atoms with Gasteiger partial charge in [-0.25, -0.2) is 13.1 Å². The van der Waals surface area contributed by atoms with Gasteiger partial charge in [0.25, 0.3) is 0 Å². The molecule has 0 saturated carbocycles. The van der Waals surface area contributed by atoms with Crippen LogP contribution in [-0.4, -0.2) is 77.2 Å². The van der Waals surface area contributed by atoms with Gasteiger partial charge in [-0.3, -0.25) is 14.4 Å². The van der Waals surface area contributed by atoms with Crippen LogP contribution in [0.15, 0.2) is 58.6 Å². The SMILES string of the molecule is COC(=O)CC=C[C@@H](C)[C@@H](C=NOCC[C@@H]1C=C[C@H](OC(C)=O)[C@@H](COC(C)=O)O1)NS(=O)(=O)c1ccc(C)cc1. The van der Waals surface area contributed by atoms with Crippen LogP contribution in [0.1, 0.15) is 39.2 Å². The number of nitrogens with one attached hydrogen (secondary N) is 1. The number of rotatable bonds is 15. The average Bonchev–Trinajstić information content (AvgIpc) is 2.91. The summed E-state index contributed by atoms with van der Waals surface area (Å²) in [5, 5.41) is 3.97. The van der Waals surface area contributed by atoms with Crippen LogP contribution in [0.3, 0.4) is 0 Å². The van der Waals surface area contributed by atoms with Crippen LogP contribution < -0.4 is 4.72 Å². The first kappa shape index (κ1) is 33.7. The van der Waals surface area contributed by atoms with E-state index in [9.17, 15) is 22.8 Å². The second-order valence-corrected chi connectivity index (χ2v) is 11.1. The number of carbonyl (C=O) groups is 3. The molecule has 0 fully saturated rings. The quantitative estimate of drug-likeness (QED) is 0.0800. The van der Waals surface area contributed by atoms with Crippen LogP contribution in [-0.2, 0) is 48.2 Å². The Morgan fingerprint density at radius 1 is 1.12 bits per heavy atom. The van der Waals surface area contributed by atoms with Crippen LogP contribution in [0.2, 0.25) is 0 Å². The molecule has 1 aliphatic rings. The normalized spacial score (nSPS) is 20.5. The molecule has 13 heteroatoms. The second-order valence-electron chi connectivity index (χ2n) is 9.38. The lowest BCUT2D eigenvalue weighted by Crippen LogP contribution is -2.41. The largest absolute Gasteiger partial charge is 0.469 e. The van der Waals surface area contributed by atoms with Crippen molar-refractivity contribution in [2.24, 2.45) is 11.1 Å². The lowest BCUT2D eigenvalue weighted by Gasteiger charge is -2.31. The third-order valence-corrected chi connectivity index (χ3v) is 7.39. The molecule has 2 rings (SSSR count). The van der Waals surface area contributed by atoms with Crippen molar-refractivity contribution in [3.05, 3.63) is 54.1 Å². The minimum atomic E-state index is -3.88. The number of hydrogen-bond donors (Lipinski definition) is 1. The summed E-state index contributed by atoms with van der Waals surface area (Å²) in [4.78, 5) is 39.5. The Labute approximate surface area is 240 Å². The third kappa shape index (κ3) is 12.2. The smallest absolute Gasteiger partial charge is 0.309 e. The molecule has 0 aromatic heterocycles. The Morgan fingerprint density at radius 2 is 1.83 bits per heavy atom. The van der Waals surface area contributed by atoms with Crippen LogP contribution in [0.25, 0.3) is 0 Å². The molecule has 0 bridgehead atoms. The summed E-state index contributed by atoms with van der Waals surface area (Å²) in [6.45, 7) is 6.21. The summed E-state index contributed by atoms with van der Waals surface area (Å²) in [7, 11) is -2.60. The van der Waals surface area contributed by atoms with Crippen molar-refractivity contribution in [3.63, 3.8) is 0 Å². The Morgan fingerprint density at radius 3 is 2.46 bits per heavy atom. The highest BCUT2D eigenvalue weighted by molar-refractivity contribution is 7.89. The van der Waals surface area contributed by atoms with Gasteiger partial charge in [-0.2, -0.15) is 0 Å². The lowest BCUT2D eigenvalue weighted by molar-refractivity contribution is -0.164. The Kier molecular flexibility index (Phi) is 13.7. The summed E-state index contributed by atoms with van der Waals surface area (Å²) < 4.78 is 49.4. The summed E-state index contributed by atoms with van der Waals surface area (Å²) in [5.41, 5.74) is 0.922. The molecule has 5 atom stereocenters. The predicted octanol–water partition coefficient (Wildman–Crippen LogP) is 2.61. The van der Waals surface area contributed by atoms with E-state index in [0.29, 0.717) is 6.42 Å². The summed E-state index contributed by atoms with van der Waals surface area (Å²) in [5.74, 6) is -1.79. The molecule has 1 aromatic carbocycles. The fraction of sp³-hybridized carbons (Fsp3) is 0.500. The van der Waals surface area contributed by atoms with Gasteiger partial charge in [0, 0.05) is 20.3 Å². The molecule has 0 radical (unpaired) electrons. The van der Waals surface area contributed by atoms with Crippen molar-refractivity contribution in [2.45, 2.75) is 69.8 Å². The van der Waals surface area contributed by atoms with Crippen LogP contribution in [0.5, 0.6) is 0 Å². The first-order valence-corrected chi connectivity index (χ1v) is 14.5.